The van der Waals surface area contributed by atoms with Crippen molar-refractivity contribution in [2.45, 2.75) is 6.04 Å². The summed E-state index contributed by atoms with van der Waals surface area (Å²) in [6.07, 6.45) is 0. The van der Waals surface area contributed by atoms with Gasteiger partial charge in [0.1, 0.15) is 17.2 Å². The lowest BCUT2D eigenvalue weighted by molar-refractivity contribution is 0.261. The zero-order chi connectivity index (χ0) is 11.4. The average Bonchev–Trinajstić information content (AvgIpc) is 2.26. The van der Waals surface area contributed by atoms with Crippen LogP contribution in [0.25, 0.3) is 0 Å². The Morgan fingerprint density at radius 1 is 1.33 bits per heavy atom. The van der Waals surface area contributed by atoms with Gasteiger partial charge in [0.05, 0.1) is 32.4 Å². The fraction of sp³-hybridized carbons (Fsp3) is 0.400. The van der Waals surface area contributed by atoms with Crippen LogP contribution in [0.15, 0.2) is 12.1 Å². The smallest absolute Gasteiger partial charge is 0.131 e. The van der Waals surface area contributed by atoms with E-state index in [1.807, 2.05) is 0 Å². The van der Waals surface area contributed by atoms with Crippen LogP contribution in [-0.4, -0.2) is 31.0 Å². The van der Waals surface area contributed by atoms with Crippen molar-refractivity contribution in [3.8, 4) is 17.2 Å². The SMILES string of the molecule is COc1cc(O)c([C@H](N)CO)c(OC)c1. The lowest BCUT2D eigenvalue weighted by Gasteiger charge is -2.16. The highest BCUT2D eigenvalue weighted by molar-refractivity contribution is 5.51. The van der Waals surface area contributed by atoms with Crippen LogP contribution in [0.4, 0.5) is 0 Å². The second-order valence-electron chi connectivity index (χ2n) is 3.05. The largest absolute Gasteiger partial charge is 0.507 e. The van der Waals surface area contributed by atoms with E-state index >= 15 is 0 Å². The molecule has 1 rings (SSSR count). The van der Waals surface area contributed by atoms with Crippen molar-refractivity contribution < 1.29 is 19.7 Å². The van der Waals surface area contributed by atoms with E-state index in [1.165, 1.54) is 20.3 Å². The minimum absolute atomic E-state index is 0.0484. The number of nitrogens with two attached hydrogens (primary N) is 1. The van der Waals surface area contributed by atoms with Crippen LogP contribution < -0.4 is 15.2 Å². The van der Waals surface area contributed by atoms with Crippen molar-refractivity contribution in [2.75, 3.05) is 20.8 Å². The van der Waals surface area contributed by atoms with Gasteiger partial charge in [0.25, 0.3) is 0 Å². The minimum atomic E-state index is -0.675. The lowest BCUT2D eigenvalue weighted by atomic mass is 10.1. The molecule has 1 atom stereocenters. The number of ether oxygens (including phenoxy) is 2. The number of aliphatic hydroxyl groups excluding tert-OH is 1. The van der Waals surface area contributed by atoms with Gasteiger partial charge in [0.2, 0.25) is 0 Å². The Morgan fingerprint density at radius 3 is 2.47 bits per heavy atom. The van der Waals surface area contributed by atoms with Crippen LogP contribution in [0, 0.1) is 0 Å². The Labute approximate surface area is 88.0 Å². The fourth-order valence-electron chi connectivity index (χ4n) is 1.34. The van der Waals surface area contributed by atoms with E-state index in [0.29, 0.717) is 17.1 Å². The van der Waals surface area contributed by atoms with Gasteiger partial charge in [0.15, 0.2) is 0 Å². The van der Waals surface area contributed by atoms with E-state index in [-0.39, 0.29) is 12.4 Å². The summed E-state index contributed by atoms with van der Waals surface area (Å²) in [6, 6.07) is 2.35. The van der Waals surface area contributed by atoms with Gasteiger partial charge >= 0.3 is 0 Å². The lowest BCUT2D eigenvalue weighted by Crippen LogP contribution is -2.15. The van der Waals surface area contributed by atoms with E-state index in [9.17, 15) is 5.11 Å². The van der Waals surface area contributed by atoms with E-state index in [2.05, 4.69) is 0 Å². The van der Waals surface area contributed by atoms with Crippen molar-refractivity contribution in [2.24, 2.45) is 5.73 Å². The summed E-state index contributed by atoms with van der Waals surface area (Å²) >= 11 is 0. The topological polar surface area (TPSA) is 84.9 Å². The second-order valence-corrected chi connectivity index (χ2v) is 3.05. The summed E-state index contributed by atoms with van der Waals surface area (Å²) in [4.78, 5) is 0. The van der Waals surface area contributed by atoms with Crippen LogP contribution in [0.2, 0.25) is 0 Å². The standard InChI is InChI=1S/C10H15NO4/c1-14-6-3-8(13)10(7(11)5-12)9(4-6)15-2/h3-4,7,12-13H,5,11H2,1-2H3/t7-/m1/s1. The Bertz CT molecular complexity index is 340. The summed E-state index contributed by atoms with van der Waals surface area (Å²) < 4.78 is 10.0. The summed E-state index contributed by atoms with van der Waals surface area (Å²) in [5.74, 6) is 0.819. The third-order valence-electron chi connectivity index (χ3n) is 2.12. The van der Waals surface area contributed by atoms with Crippen molar-refractivity contribution in [1.29, 1.82) is 0 Å². The number of aromatic hydroxyl groups is 1. The maximum Gasteiger partial charge on any atom is 0.131 e. The van der Waals surface area contributed by atoms with Crippen LogP contribution >= 0.6 is 0 Å². The molecule has 1 aromatic carbocycles. The molecule has 1 aromatic rings. The summed E-state index contributed by atoms with van der Waals surface area (Å²) in [6.45, 7) is -0.268. The first kappa shape index (κ1) is 11.6. The predicted molar refractivity (Wildman–Crippen MR) is 55.2 cm³/mol. The van der Waals surface area contributed by atoms with Crippen LogP contribution in [0.5, 0.6) is 17.2 Å². The van der Waals surface area contributed by atoms with Crippen molar-refractivity contribution in [1.82, 2.24) is 0 Å². The highest BCUT2D eigenvalue weighted by Crippen LogP contribution is 2.36. The molecule has 0 spiro atoms. The first-order valence-corrected chi connectivity index (χ1v) is 4.45. The number of rotatable bonds is 4. The molecule has 0 amide bonds. The zero-order valence-electron chi connectivity index (χ0n) is 8.73. The minimum Gasteiger partial charge on any atom is -0.507 e. The molecule has 0 aliphatic rings. The molecule has 0 radical (unpaired) electrons. The molecule has 0 bridgehead atoms. The van der Waals surface area contributed by atoms with Gasteiger partial charge in [0, 0.05) is 12.1 Å². The van der Waals surface area contributed by atoms with Gasteiger partial charge in [-0.25, -0.2) is 0 Å². The molecule has 0 unspecified atom stereocenters. The number of methoxy groups -OCH3 is 2. The summed E-state index contributed by atoms with van der Waals surface area (Å²) in [5.41, 5.74) is 6.01. The summed E-state index contributed by atoms with van der Waals surface area (Å²) in [5, 5.41) is 18.6. The van der Waals surface area contributed by atoms with Gasteiger partial charge in [-0.2, -0.15) is 0 Å². The van der Waals surface area contributed by atoms with Gasteiger partial charge in [-0.3, -0.25) is 0 Å². The first-order valence-electron chi connectivity index (χ1n) is 4.45. The first-order chi connectivity index (χ1) is 7.13. The highest BCUT2D eigenvalue weighted by atomic mass is 16.5. The number of phenolic OH excluding ortho intramolecular Hbond substituents is 1. The predicted octanol–water partition coefficient (Wildman–Crippen LogP) is 0.402. The molecule has 5 heteroatoms. The number of phenols is 1. The third-order valence-corrected chi connectivity index (χ3v) is 2.12. The molecule has 84 valence electrons. The molecule has 0 aromatic heterocycles. The molecular formula is C10H15NO4. The van der Waals surface area contributed by atoms with Crippen LogP contribution in [-0.2, 0) is 0 Å². The van der Waals surface area contributed by atoms with Gasteiger partial charge in [-0.05, 0) is 0 Å². The van der Waals surface area contributed by atoms with E-state index in [0.717, 1.165) is 0 Å². The molecule has 0 heterocycles. The second kappa shape index (κ2) is 4.86. The monoisotopic (exact) mass is 213 g/mol. The number of hydrogen-bond acceptors (Lipinski definition) is 5. The Hall–Kier alpha value is -1.46. The van der Waals surface area contributed by atoms with Gasteiger partial charge < -0.3 is 25.4 Å². The molecule has 0 saturated carbocycles. The zero-order valence-corrected chi connectivity index (χ0v) is 8.73. The Kier molecular flexibility index (Phi) is 3.76. The molecule has 0 aliphatic carbocycles. The molecule has 15 heavy (non-hydrogen) atoms. The molecule has 4 N–H and O–H groups in total. The van der Waals surface area contributed by atoms with Crippen LogP contribution in [0.3, 0.4) is 0 Å². The highest BCUT2D eigenvalue weighted by Gasteiger charge is 2.17. The van der Waals surface area contributed by atoms with Crippen molar-refractivity contribution in [3.05, 3.63) is 17.7 Å². The van der Waals surface area contributed by atoms with Crippen molar-refractivity contribution >= 4 is 0 Å². The third kappa shape index (κ3) is 2.31. The van der Waals surface area contributed by atoms with Gasteiger partial charge in [-0.1, -0.05) is 0 Å². The Balaban J connectivity index is 3.24. The van der Waals surface area contributed by atoms with Crippen molar-refractivity contribution in [3.63, 3.8) is 0 Å². The Morgan fingerprint density at radius 2 is 2.00 bits per heavy atom. The molecule has 5 nitrogen and oxygen atoms in total. The fourth-order valence-corrected chi connectivity index (χ4v) is 1.34. The van der Waals surface area contributed by atoms with E-state index < -0.39 is 6.04 Å². The number of benzene rings is 1. The van der Waals surface area contributed by atoms with Crippen LogP contribution in [0.1, 0.15) is 11.6 Å². The number of aliphatic hydroxyl groups is 1. The molecular weight excluding hydrogens is 198 g/mol. The maximum atomic E-state index is 9.68. The molecule has 0 fully saturated rings. The normalized spacial score (nSPS) is 12.3. The number of hydrogen-bond donors (Lipinski definition) is 3. The van der Waals surface area contributed by atoms with Gasteiger partial charge in [-0.15, -0.1) is 0 Å². The van der Waals surface area contributed by atoms with E-state index in [1.54, 1.807) is 6.07 Å². The van der Waals surface area contributed by atoms with E-state index in [4.69, 9.17) is 20.3 Å². The maximum absolute atomic E-state index is 9.68. The molecule has 0 saturated heterocycles. The molecule has 0 aliphatic heterocycles. The quantitative estimate of drug-likeness (QED) is 0.674. The average molecular weight is 213 g/mol. The summed E-state index contributed by atoms with van der Waals surface area (Å²) in [7, 11) is 2.95.